The molecule has 1 N–H and O–H groups in total. The molecule has 0 fully saturated rings. The van der Waals surface area contributed by atoms with Gasteiger partial charge >= 0.3 is 5.97 Å². The molecule has 0 spiro atoms. The molecule has 1 aromatic carbocycles. The molecule has 0 aliphatic carbocycles. The van der Waals surface area contributed by atoms with E-state index in [2.05, 4.69) is 5.10 Å². The van der Waals surface area contributed by atoms with Gasteiger partial charge in [0.2, 0.25) is 0 Å². The maximum absolute atomic E-state index is 12.2. The number of fused-ring (bicyclic) bond motifs is 1. The summed E-state index contributed by atoms with van der Waals surface area (Å²) in [5, 5.41) is 14.4. The highest BCUT2D eigenvalue weighted by molar-refractivity contribution is 5.84. The van der Waals surface area contributed by atoms with Crippen LogP contribution >= 0.6 is 0 Å². The first kappa shape index (κ1) is 14.1. The van der Waals surface area contributed by atoms with Gasteiger partial charge in [0, 0.05) is 11.5 Å². The molecule has 2 heterocycles. The second kappa shape index (κ2) is 5.14. The van der Waals surface area contributed by atoms with E-state index >= 15 is 0 Å². The number of hydrogen-bond donors (Lipinski definition) is 1. The van der Waals surface area contributed by atoms with Crippen LogP contribution in [0.4, 0.5) is 0 Å². The molecule has 3 rings (SSSR count). The third-order valence-corrected chi connectivity index (χ3v) is 3.59. The van der Waals surface area contributed by atoms with Crippen LogP contribution in [-0.2, 0) is 11.3 Å². The molecule has 0 atom stereocenters. The van der Waals surface area contributed by atoms with Crippen LogP contribution in [0.1, 0.15) is 11.3 Å². The fourth-order valence-electron chi connectivity index (χ4n) is 2.70. The fourth-order valence-corrected chi connectivity index (χ4v) is 2.70. The van der Waals surface area contributed by atoms with E-state index in [0.717, 1.165) is 22.3 Å². The lowest BCUT2D eigenvalue weighted by Crippen LogP contribution is -2.25. The average Bonchev–Trinajstić information content (AvgIpc) is 2.82. The SMILES string of the molecule is Cc1cc(=O)n(CC(=O)O)c2c1c(C)nn2-c1ccccc1. The highest BCUT2D eigenvalue weighted by Crippen LogP contribution is 2.23. The number of aromatic nitrogens is 3. The molecule has 3 aromatic rings. The zero-order chi connectivity index (χ0) is 15.9. The lowest BCUT2D eigenvalue weighted by atomic mass is 10.1. The second-order valence-corrected chi connectivity index (χ2v) is 5.18. The van der Waals surface area contributed by atoms with Gasteiger partial charge < -0.3 is 5.11 Å². The zero-order valence-electron chi connectivity index (χ0n) is 12.3. The molecule has 0 radical (unpaired) electrons. The Morgan fingerprint density at radius 3 is 2.55 bits per heavy atom. The molecule has 22 heavy (non-hydrogen) atoms. The molecular formula is C16H15N3O3. The molecule has 0 unspecified atom stereocenters. The maximum atomic E-state index is 12.2. The number of pyridine rings is 1. The van der Waals surface area contributed by atoms with E-state index in [4.69, 9.17) is 5.11 Å². The molecule has 0 aliphatic heterocycles. The number of para-hydroxylation sites is 1. The first-order valence-corrected chi connectivity index (χ1v) is 6.86. The molecule has 112 valence electrons. The number of benzene rings is 1. The average molecular weight is 297 g/mol. The largest absolute Gasteiger partial charge is 0.480 e. The first-order chi connectivity index (χ1) is 10.5. The van der Waals surface area contributed by atoms with Crippen LogP contribution in [0.3, 0.4) is 0 Å². The normalized spacial score (nSPS) is 11.0. The van der Waals surface area contributed by atoms with Gasteiger partial charge in [-0.05, 0) is 31.5 Å². The molecule has 2 aromatic heterocycles. The van der Waals surface area contributed by atoms with Crippen molar-refractivity contribution < 1.29 is 9.90 Å². The minimum absolute atomic E-state index is 0.343. The number of carbonyl (C=O) groups is 1. The van der Waals surface area contributed by atoms with E-state index in [9.17, 15) is 9.59 Å². The van der Waals surface area contributed by atoms with Gasteiger partial charge in [0.1, 0.15) is 12.2 Å². The van der Waals surface area contributed by atoms with Crippen molar-refractivity contribution in [3.05, 3.63) is 58.0 Å². The quantitative estimate of drug-likeness (QED) is 0.801. The van der Waals surface area contributed by atoms with Gasteiger partial charge in [-0.25, -0.2) is 4.68 Å². The maximum Gasteiger partial charge on any atom is 0.323 e. The van der Waals surface area contributed by atoms with E-state index in [1.807, 2.05) is 44.2 Å². The van der Waals surface area contributed by atoms with Gasteiger partial charge in [-0.3, -0.25) is 14.2 Å². The third kappa shape index (κ3) is 2.18. The minimum Gasteiger partial charge on any atom is -0.480 e. The second-order valence-electron chi connectivity index (χ2n) is 5.18. The summed E-state index contributed by atoms with van der Waals surface area (Å²) in [4.78, 5) is 23.4. The summed E-state index contributed by atoms with van der Waals surface area (Å²) in [6.07, 6.45) is 0. The summed E-state index contributed by atoms with van der Waals surface area (Å²) in [5.41, 5.74) is 2.50. The van der Waals surface area contributed by atoms with Crippen molar-refractivity contribution in [2.45, 2.75) is 20.4 Å². The van der Waals surface area contributed by atoms with Crippen molar-refractivity contribution in [3.63, 3.8) is 0 Å². The molecule has 6 nitrogen and oxygen atoms in total. The predicted octanol–water partition coefficient (Wildman–Crippen LogP) is 1.89. The van der Waals surface area contributed by atoms with Gasteiger partial charge in [-0.2, -0.15) is 5.10 Å². The Balaban J connectivity index is 2.44. The Bertz CT molecular complexity index is 923. The van der Waals surface area contributed by atoms with E-state index in [-0.39, 0.29) is 5.56 Å². The van der Waals surface area contributed by atoms with Crippen LogP contribution < -0.4 is 5.56 Å². The van der Waals surface area contributed by atoms with Crippen molar-refractivity contribution in [2.24, 2.45) is 0 Å². The monoisotopic (exact) mass is 297 g/mol. The summed E-state index contributed by atoms with van der Waals surface area (Å²) >= 11 is 0. The van der Waals surface area contributed by atoms with Gasteiger partial charge in [0.15, 0.2) is 0 Å². The number of aliphatic carboxylic acids is 1. The first-order valence-electron chi connectivity index (χ1n) is 6.86. The Kier molecular flexibility index (Phi) is 3.29. The zero-order valence-corrected chi connectivity index (χ0v) is 12.3. The van der Waals surface area contributed by atoms with Gasteiger partial charge in [-0.15, -0.1) is 0 Å². The van der Waals surface area contributed by atoms with E-state index in [1.54, 1.807) is 4.68 Å². The highest BCUT2D eigenvalue weighted by atomic mass is 16.4. The Hall–Kier alpha value is -2.89. The third-order valence-electron chi connectivity index (χ3n) is 3.59. The smallest absolute Gasteiger partial charge is 0.323 e. The number of hydrogen-bond acceptors (Lipinski definition) is 3. The standard InChI is InChI=1S/C16H15N3O3/c1-10-8-13(20)18(9-14(21)22)16-15(10)11(2)17-19(16)12-6-4-3-5-7-12/h3-8H,9H2,1-2H3,(H,21,22). The molecule has 0 saturated carbocycles. The number of carboxylic acid groups (broad SMARTS) is 1. The van der Waals surface area contributed by atoms with Crippen LogP contribution in [0, 0.1) is 13.8 Å². The van der Waals surface area contributed by atoms with Gasteiger partial charge in [0.25, 0.3) is 5.56 Å². The van der Waals surface area contributed by atoms with Crippen molar-refractivity contribution in [1.82, 2.24) is 14.3 Å². The Labute approximate surface area is 126 Å². The van der Waals surface area contributed by atoms with Crippen LogP contribution in [0.5, 0.6) is 0 Å². The molecule has 6 heteroatoms. The van der Waals surface area contributed by atoms with Crippen LogP contribution in [-0.4, -0.2) is 25.4 Å². The lowest BCUT2D eigenvalue weighted by Gasteiger charge is -2.10. The number of rotatable bonds is 3. The van der Waals surface area contributed by atoms with Crippen LogP contribution in [0.25, 0.3) is 16.7 Å². The topological polar surface area (TPSA) is 77.1 Å². The number of carboxylic acids is 1. The van der Waals surface area contributed by atoms with E-state index in [1.165, 1.54) is 10.6 Å². The summed E-state index contributed by atoms with van der Waals surface area (Å²) in [7, 11) is 0. The number of nitrogens with zero attached hydrogens (tertiary/aromatic N) is 3. The van der Waals surface area contributed by atoms with Gasteiger partial charge in [0.05, 0.1) is 11.4 Å². The molecule has 0 aliphatic rings. The van der Waals surface area contributed by atoms with Crippen molar-refractivity contribution in [3.8, 4) is 5.69 Å². The summed E-state index contributed by atoms with van der Waals surface area (Å²) in [6.45, 7) is 3.29. The molecule has 0 amide bonds. The number of aryl methyl sites for hydroxylation is 2. The van der Waals surface area contributed by atoms with E-state index < -0.39 is 12.5 Å². The molecule has 0 bridgehead atoms. The summed E-state index contributed by atoms with van der Waals surface area (Å²) in [6, 6.07) is 10.8. The molecule has 0 saturated heterocycles. The summed E-state index contributed by atoms with van der Waals surface area (Å²) in [5.74, 6) is -1.06. The Morgan fingerprint density at radius 1 is 1.23 bits per heavy atom. The van der Waals surface area contributed by atoms with Gasteiger partial charge in [-0.1, -0.05) is 18.2 Å². The van der Waals surface area contributed by atoms with Crippen LogP contribution in [0.2, 0.25) is 0 Å². The predicted molar refractivity (Wildman–Crippen MR) is 82.4 cm³/mol. The lowest BCUT2D eigenvalue weighted by molar-refractivity contribution is -0.137. The van der Waals surface area contributed by atoms with Crippen molar-refractivity contribution >= 4 is 17.0 Å². The Morgan fingerprint density at radius 2 is 1.91 bits per heavy atom. The minimum atomic E-state index is -1.06. The van der Waals surface area contributed by atoms with Crippen molar-refractivity contribution in [2.75, 3.05) is 0 Å². The fraction of sp³-hybridized carbons (Fsp3) is 0.188. The van der Waals surface area contributed by atoms with E-state index in [0.29, 0.717) is 5.65 Å². The van der Waals surface area contributed by atoms with Crippen LogP contribution in [0.15, 0.2) is 41.2 Å². The van der Waals surface area contributed by atoms with Crippen molar-refractivity contribution in [1.29, 1.82) is 0 Å². The summed E-state index contributed by atoms with van der Waals surface area (Å²) < 4.78 is 2.87. The highest BCUT2D eigenvalue weighted by Gasteiger charge is 2.18. The molecular weight excluding hydrogens is 282 g/mol.